The molecule has 1 aliphatic carbocycles. The fraction of sp³-hybridized carbons (Fsp3) is 0.105. The van der Waals surface area contributed by atoms with Gasteiger partial charge in [0, 0.05) is 22.5 Å². The van der Waals surface area contributed by atoms with Gasteiger partial charge >= 0.3 is 0 Å². The molecule has 2 aromatic heterocycles. The van der Waals surface area contributed by atoms with Crippen LogP contribution < -0.4 is 10.3 Å². The van der Waals surface area contributed by atoms with Crippen molar-refractivity contribution in [3.05, 3.63) is 80.8 Å². The molecule has 4 rings (SSSR count). The minimum Gasteiger partial charge on any atom is -0.435 e. The molecule has 3 aromatic rings. The number of nitrogens with zero attached hydrogens (tertiary/aromatic N) is 3. The number of halogens is 4. The van der Waals surface area contributed by atoms with Gasteiger partial charge in [-0.05, 0) is 42.0 Å². The number of hydrogen-bond donors (Lipinski definition) is 0. The summed E-state index contributed by atoms with van der Waals surface area (Å²) in [5.41, 5.74) is 0.700. The molecule has 0 amide bonds. The van der Waals surface area contributed by atoms with E-state index in [1.807, 2.05) is 0 Å². The van der Waals surface area contributed by atoms with Crippen molar-refractivity contribution < 1.29 is 13.5 Å². The fourth-order valence-electron chi connectivity index (χ4n) is 2.84. The second kappa shape index (κ2) is 7.33. The molecular weight excluding hydrogens is 411 g/mol. The Hall–Kier alpha value is -2.77. The minimum atomic E-state index is -1.38. The van der Waals surface area contributed by atoms with E-state index in [4.69, 9.17) is 27.9 Å². The van der Waals surface area contributed by atoms with Gasteiger partial charge in [0.05, 0.1) is 11.1 Å². The second-order valence-electron chi connectivity index (χ2n) is 6.03. The van der Waals surface area contributed by atoms with E-state index in [2.05, 4.69) is 10.1 Å². The average molecular weight is 422 g/mol. The first-order chi connectivity index (χ1) is 13.4. The van der Waals surface area contributed by atoms with E-state index in [1.54, 1.807) is 24.3 Å². The van der Waals surface area contributed by atoms with Gasteiger partial charge in [0.15, 0.2) is 5.76 Å². The first-order valence-corrected chi connectivity index (χ1v) is 8.90. The topological polar surface area (TPSA) is 56.5 Å². The van der Waals surface area contributed by atoms with Crippen molar-refractivity contribution in [2.45, 2.75) is 12.6 Å². The van der Waals surface area contributed by atoms with Crippen molar-refractivity contribution in [2.75, 3.05) is 0 Å². The number of hydrogen-bond acceptors (Lipinski definition) is 4. The van der Waals surface area contributed by atoms with E-state index >= 15 is 0 Å². The van der Waals surface area contributed by atoms with Gasteiger partial charge in [-0.1, -0.05) is 23.2 Å². The zero-order chi connectivity index (χ0) is 19.8. The maximum Gasteiger partial charge on any atom is 0.281 e. The monoisotopic (exact) mass is 421 g/mol. The Morgan fingerprint density at radius 1 is 1.18 bits per heavy atom. The van der Waals surface area contributed by atoms with Gasteiger partial charge in [-0.25, -0.2) is 13.3 Å². The summed E-state index contributed by atoms with van der Waals surface area (Å²) in [4.78, 5) is 16.2. The molecule has 0 aliphatic heterocycles. The Balaban J connectivity index is 1.78. The van der Waals surface area contributed by atoms with Crippen LogP contribution in [0.1, 0.15) is 6.42 Å². The molecule has 1 aliphatic rings. The molecule has 2 heterocycles. The number of benzene rings is 1. The molecule has 0 fully saturated rings. The van der Waals surface area contributed by atoms with Crippen LogP contribution in [0.15, 0.2) is 65.2 Å². The van der Waals surface area contributed by atoms with Crippen molar-refractivity contribution in [3.63, 3.8) is 0 Å². The summed E-state index contributed by atoms with van der Waals surface area (Å²) >= 11 is 12.1. The number of rotatable bonds is 3. The lowest BCUT2D eigenvalue weighted by atomic mass is 10.1. The van der Waals surface area contributed by atoms with Crippen LogP contribution in [0.4, 0.5) is 8.78 Å². The van der Waals surface area contributed by atoms with Crippen molar-refractivity contribution in [2.24, 2.45) is 0 Å². The van der Waals surface area contributed by atoms with Gasteiger partial charge in [0.2, 0.25) is 5.88 Å². The van der Waals surface area contributed by atoms with Gasteiger partial charge in [0.25, 0.3) is 5.56 Å². The third-order valence-electron chi connectivity index (χ3n) is 4.06. The lowest BCUT2D eigenvalue weighted by molar-refractivity contribution is 0.330. The summed E-state index contributed by atoms with van der Waals surface area (Å²) in [6, 6.07) is 7.79. The summed E-state index contributed by atoms with van der Waals surface area (Å²) < 4.78 is 33.8. The van der Waals surface area contributed by atoms with E-state index in [0.717, 1.165) is 0 Å². The normalized spacial score (nSPS) is 16.6. The standard InChI is InChI=1S/C19H11Cl2F2N3O2/c20-11-5-10(6-12(21)7-11)18-15-2-4-17(25-26(15)9-24-19(18)27)28-16-3-1-13(22)8-14(16)23/h1-7,9,13H,8H2. The number of alkyl halides is 1. The van der Waals surface area contributed by atoms with Crippen LogP contribution in [0.3, 0.4) is 0 Å². The maximum atomic E-state index is 13.9. The minimum absolute atomic E-state index is 0.0557. The van der Waals surface area contributed by atoms with Crippen LogP contribution in [0.25, 0.3) is 16.6 Å². The zero-order valence-corrected chi connectivity index (χ0v) is 15.6. The summed E-state index contributed by atoms with van der Waals surface area (Å²) in [6.45, 7) is 0. The fourth-order valence-corrected chi connectivity index (χ4v) is 3.36. The van der Waals surface area contributed by atoms with Crippen LogP contribution in [0, 0.1) is 0 Å². The highest BCUT2D eigenvalue weighted by atomic mass is 35.5. The molecule has 9 heteroatoms. The Labute approximate surface area is 167 Å². The van der Waals surface area contributed by atoms with Gasteiger partial charge in [-0.15, -0.1) is 5.10 Å². The summed E-state index contributed by atoms with van der Waals surface area (Å²) in [6.07, 6.45) is 1.89. The third-order valence-corrected chi connectivity index (χ3v) is 4.49. The van der Waals surface area contributed by atoms with Crippen LogP contribution in [-0.2, 0) is 0 Å². The summed E-state index contributed by atoms with van der Waals surface area (Å²) in [5.74, 6) is -0.763. The highest BCUT2D eigenvalue weighted by Crippen LogP contribution is 2.29. The largest absolute Gasteiger partial charge is 0.435 e. The number of allylic oxidation sites excluding steroid dienone is 3. The van der Waals surface area contributed by atoms with E-state index in [-0.39, 0.29) is 23.6 Å². The average Bonchev–Trinajstić information content (AvgIpc) is 2.63. The molecule has 28 heavy (non-hydrogen) atoms. The number of aromatic nitrogens is 3. The first-order valence-electron chi connectivity index (χ1n) is 8.14. The van der Waals surface area contributed by atoms with Gasteiger partial charge in [-0.2, -0.15) is 4.98 Å². The molecule has 0 radical (unpaired) electrons. The molecule has 0 N–H and O–H groups in total. The SMILES string of the molecule is O=c1ncn2nc(OC3=C(F)CC(F)C=C3)ccc2c1-c1cc(Cl)cc(Cl)c1. The van der Waals surface area contributed by atoms with Gasteiger partial charge < -0.3 is 4.74 Å². The van der Waals surface area contributed by atoms with E-state index in [1.165, 1.54) is 29.1 Å². The van der Waals surface area contributed by atoms with Crippen molar-refractivity contribution in [3.8, 4) is 17.0 Å². The lowest BCUT2D eigenvalue weighted by Gasteiger charge is -2.13. The Morgan fingerprint density at radius 2 is 1.93 bits per heavy atom. The smallest absolute Gasteiger partial charge is 0.281 e. The highest BCUT2D eigenvalue weighted by Gasteiger charge is 2.18. The number of fused-ring (bicyclic) bond motifs is 1. The maximum absolute atomic E-state index is 13.9. The predicted molar refractivity (Wildman–Crippen MR) is 102 cm³/mol. The molecule has 5 nitrogen and oxygen atoms in total. The molecular formula is C19H11Cl2F2N3O2. The Kier molecular flexibility index (Phi) is 4.87. The second-order valence-corrected chi connectivity index (χ2v) is 6.91. The summed E-state index contributed by atoms with van der Waals surface area (Å²) in [7, 11) is 0. The molecule has 1 aromatic carbocycles. The van der Waals surface area contributed by atoms with E-state index in [9.17, 15) is 13.6 Å². The molecule has 1 unspecified atom stereocenters. The predicted octanol–water partition coefficient (Wildman–Crippen LogP) is 4.92. The molecule has 0 saturated carbocycles. The highest BCUT2D eigenvalue weighted by molar-refractivity contribution is 6.35. The van der Waals surface area contributed by atoms with Crippen molar-refractivity contribution >= 4 is 28.7 Å². The van der Waals surface area contributed by atoms with Crippen LogP contribution >= 0.6 is 23.2 Å². The zero-order valence-electron chi connectivity index (χ0n) is 14.1. The molecule has 0 saturated heterocycles. The van der Waals surface area contributed by atoms with Gasteiger partial charge in [-0.3, -0.25) is 4.79 Å². The van der Waals surface area contributed by atoms with E-state index < -0.39 is 17.6 Å². The molecule has 1 atom stereocenters. The van der Waals surface area contributed by atoms with E-state index in [0.29, 0.717) is 21.1 Å². The Bertz CT molecular complexity index is 1190. The van der Waals surface area contributed by atoms with Crippen LogP contribution in [0.5, 0.6) is 5.88 Å². The molecule has 0 spiro atoms. The Morgan fingerprint density at radius 3 is 2.64 bits per heavy atom. The lowest BCUT2D eigenvalue weighted by Crippen LogP contribution is -2.14. The molecule has 0 bridgehead atoms. The first kappa shape index (κ1) is 18.6. The van der Waals surface area contributed by atoms with Crippen molar-refractivity contribution in [1.82, 2.24) is 14.6 Å². The number of ether oxygens (including phenoxy) is 1. The molecule has 142 valence electrons. The third kappa shape index (κ3) is 3.63. The van der Waals surface area contributed by atoms with Crippen molar-refractivity contribution in [1.29, 1.82) is 0 Å². The van der Waals surface area contributed by atoms with Gasteiger partial charge in [0.1, 0.15) is 18.3 Å². The van der Waals surface area contributed by atoms with Crippen LogP contribution in [0.2, 0.25) is 10.0 Å². The van der Waals surface area contributed by atoms with Crippen LogP contribution in [-0.4, -0.2) is 20.8 Å². The quantitative estimate of drug-likeness (QED) is 0.601. The summed E-state index contributed by atoms with van der Waals surface area (Å²) in [5, 5.41) is 4.93.